The van der Waals surface area contributed by atoms with E-state index in [1.54, 1.807) is 0 Å². The number of hydrogen-bond donors (Lipinski definition) is 1. The third kappa shape index (κ3) is 4.26. The Kier molecular flexibility index (Phi) is 5.48. The zero-order chi connectivity index (χ0) is 19.7. The molecule has 2 saturated heterocycles. The van der Waals surface area contributed by atoms with Crippen LogP contribution < -0.4 is 14.4 Å². The molecule has 1 amide bonds. The Morgan fingerprint density at radius 1 is 1.18 bits per heavy atom. The Labute approximate surface area is 166 Å². The molecule has 3 aliphatic rings. The lowest BCUT2D eigenvalue weighted by Gasteiger charge is -2.37. The minimum absolute atomic E-state index is 0.107. The van der Waals surface area contributed by atoms with Gasteiger partial charge in [0, 0.05) is 18.7 Å². The van der Waals surface area contributed by atoms with E-state index in [0.717, 1.165) is 44.0 Å². The van der Waals surface area contributed by atoms with E-state index < -0.39 is 10.0 Å². The SMILES string of the molecule is CS(=O)(=O)N1CCC[C@H](C(=O)N2CC[NH+](Cc3ccc4c(c3)OCO4)CC2)C1. The van der Waals surface area contributed by atoms with Crippen LogP contribution in [0.1, 0.15) is 18.4 Å². The molecule has 0 spiro atoms. The molecule has 1 aromatic carbocycles. The number of ether oxygens (including phenoxy) is 2. The van der Waals surface area contributed by atoms with Crippen molar-refractivity contribution in [3.05, 3.63) is 23.8 Å². The first-order valence-corrected chi connectivity index (χ1v) is 11.7. The monoisotopic (exact) mass is 410 g/mol. The number of sulfonamides is 1. The van der Waals surface area contributed by atoms with Crippen LogP contribution in [0.3, 0.4) is 0 Å². The maximum atomic E-state index is 12.9. The summed E-state index contributed by atoms with van der Waals surface area (Å²) in [6, 6.07) is 6.06. The Hall–Kier alpha value is -1.84. The smallest absolute Gasteiger partial charge is 0.231 e. The van der Waals surface area contributed by atoms with Crippen LogP contribution in [0.25, 0.3) is 0 Å². The molecule has 0 radical (unpaired) electrons. The van der Waals surface area contributed by atoms with E-state index in [9.17, 15) is 13.2 Å². The summed E-state index contributed by atoms with van der Waals surface area (Å²) in [5, 5.41) is 0. The quantitative estimate of drug-likeness (QED) is 0.711. The fourth-order valence-electron chi connectivity index (χ4n) is 4.26. The number of rotatable bonds is 4. The van der Waals surface area contributed by atoms with Crippen molar-refractivity contribution in [2.75, 3.05) is 52.3 Å². The van der Waals surface area contributed by atoms with Crippen molar-refractivity contribution in [1.29, 1.82) is 0 Å². The van der Waals surface area contributed by atoms with Crippen LogP contribution in [-0.4, -0.2) is 75.8 Å². The summed E-state index contributed by atoms with van der Waals surface area (Å²) in [5.74, 6) is 1.50. The Bertz CT molecular complexity index is 836. The number of quaternary nitrogens is 1. The molecule has 1 atom stereocenters. The summed E-state index contributed by atoms with van der Waals surface area (Å²) in [5.41, 5.74) is 1.20. The topological polar surface area (TPSA) is 80.6 Å². The van der Waals surface area contributed by atoms with Crippen molar-refractivity contribution in [2.45, 2.75) is 19.4 Å². The molecular weight excluding hydrogens is 382 g/mol. The van der Waals surface area contributed by atoms with Crippen LogP contribution in [-0.2, 0) is 21.4 Å². The molecule has 2 fully saturated rings. The molecule has 0 saturated carbocycles. The first-order chi connectivity index (χ1) is 13.4. The highest BCUT2D eigenvalue weighted by Crippen LogP contribution is 2.32. The molecule has 3 heterocycles. The van der Waals surface area contributed by atoms with Crippen molar-refractivity contribution < 1.29 is 27.6 Å². The van der Waals surface area contributed by atoms with Gasteiger partial charge in [0.05, 0.1) is 38.4 Å². The van der Waals surface area contributed by atoms with Gasteiger partial charge in [-0.1, -0.05) is 0 Å². The van der Waals surface area contributed by atoms with Gasteiger partial charge >= 0.3 is 0 Å². The number of benzene rings is 1. The maximum absolute atomic E-state index is 12.9. The predicted octanol–water partition coefficient (Wildman–Crippen LogP) is -0.686. The van der Waals surface area contributed by atoms with Crippen molar-refractivity contribution in [3.63, 3.8) is 0 Å². The van der Waals surface area contributed by atoms with E-state index in [4.69, 9.17) is 9.47 Å². The summed E-state index contributed by atoms with van der Waals surface area (Å²) in [6.07, 6.45) is 2.74. The summed E-state index contributed by atoms with van der Waals surface area (Å²) >= 11 is 0. The van der Waals surface area contributed by atoms with Crippen LogP contribution in [0, 0.1) is 5.92 Å². The summed E-state index contributed by atoms with van der Waals surface area (Å²) in [7, 11) is -3.23. The Morgan fingerprint density at radius 3 is 2.68 bits per heavy atom. The van der Waals surface area contributed by atoms with Crippen molar-refractivity contribution in [2.24, 2.45) is 5.92 Å². The van der Waals surface area contributed by atoms with E-state index in [1.165, 1.54) is 21.0 Å². The molecule has 0 aliphatic carbocycles. The van der Waals surface area contributed by atoms with Gasteiger partial charge in [0.15, 0.2) is 11.5 Å². The standard InChI is InChI=1S/C19H27N3O5S/c1-28(24,25)22-6-2-3-16(13-22)19(23)21-9-7-20(8-10-21)12-15-4-5-17-18(11-15)27-14-26-17/h4-5,11,16H,2-3,6-10,12-14H2,1H3/p+1/t16-/m0/s1. The van der Waals surface area contributed by atoms with E-state index in [1.807, 2.05) is 17.0 Å². The number of piperidine rings is 1. The predicted molar refractivity (Wildman–Crippen MR) is 103 cm³/mol. The second-order valence-corrected chi connectivity index (χ2v) is 9.88. The third-order valence-electron chi connectivity index (χ3n) is 5.88. The molecule has 0 unspecified atom stereocenters. The van der Waals surface area contributed by atoms with Crippen molar-refractivity contribution in [3.8, 4) is 11.5 Å². The molecule has 8 nitrogen and oxygen atoms in total. The first kappa shape index (κ1) is 19.5. The van der Waals surface area contributed by atoms with E-state index in [-0.39, 0.29) is 18.6 Å². The number of hydrogen-bond acceptors (Lipinski definition) is 5. The number of nitrogens with zero attached hydrogens (tertiary/aromatic N) is 2. The van der Waals surface area contributed by atoms with Gasteiger partial charge < -0.3 is 19.3 Å². The average molecular weight is 411 g/mol. The molecule has 1 N–H and O–H groups in total. The van der Waals surface area contributed by atoms with Gasteiger partial charge in [0.25, 0.3) is 0 Å². The van der Waals surface area contributed by atoms with E-state index in [0.29, 0.717) is 26.2 Å². The van der Waals surface area contributed by atoms with Crippen LogP contribution in [0.15, 0.2) is 18.2 Å². The number of fused-ring (bicyclic) bond motifs is 1. The highest BCUT2D eigenvalue weighted by Gasteiger charge is 2.34. The normalized spacial score (nSPS) is 23.8. The molecular formula is C19H28N3O5S+. The third-order valence-corrected chi connectivity index (χ3v) is 7.15. The van der Waals surface area contributed by atoms with Gasteiger partial charge in [-0.25, -0.2) is 12.7 Å². The van der Waals surface area contributed by atoms with Gasteiger partial charge in [-0.05, 0) is 31.0 Å². The second kappa shape index (κ2) is 7.88. The highest BCUT2D eigenvalue weighted by molar-refractivity contribution is 7.88. The van der Waals surface area contributed by atoms with Crippen molar-refractivity contribution >= 4 is 15.9 Å². The molecule has 28 heavy (non-hydrogen) atoms. The van der Waals surface area contributed by atoms with Gasteiger partial charge in [-0.3, -0.25) is 4.79 Å². The Balaban J connectivity index is 1.29. The van der Waals surface area contributed by atoms with E-state index in [2.05, 4.69) is 6.07 Å². The van der Waals surface area contributed by atoms with E-state index >= 15 is 0 Å². The first-order valence-electron chi connectivity index (χ1n) is 9.86. The molecule has 0 aromatic heterocycles. The summed E-state index contributed by atoms with van der Waals surface area (Å²) in [4.78, 5) is 16.2. The Morgan fingerprint density at radius 2 is 1.93 bits per heavy atom. The van der Waals surface area contributed by atoms with Crippen LogP contribution in [0.5, 0.6) is 11.5 Å². The number of carbonyl (C=O) groups excluding carboxylic acids is 1. The van der Waals surface area contributed by atoms with Gasteiger partial charge in [-0.15, -0.1) is 0 Å². The van der Waals surface area contributed by atoms with Crippen LogP contribution in [0.2, 0.25) is 0 Å². The number of nitrogens with one attached hydrogen (secondary N) is 1. The zero-order valence-electron chi connectivity index (χ0n) is 16.2. The molecule has 1 aromatic rings. The number of carbonyl (C=O) groups is 1. The minimum Gasteiger partial charge on any atom is -0.454 e. The van der Waals surface area contributed by atoms with Gasteiger partial charge in [0.1, 0.15) is 6.54 Å². The number of piperazine rings is 1. The summed E-state index contributed by atoms with van der Waals surface area (Å²) < 4.78 is 35.8. The molecule has 9 heteroatoms. The number of amides is 1. The lowest BCUT2D eigenvalue weighted by atomic mass is 9.97. The fourth-order valence-corrected chi connectivity index (χ4v) is 5.17. The van der Waals surface area contributed by atoms with Gasteiger partial charge in [-0.2, -0.15) is 0 Å². The molecule has 0 bridgehead atoms. The van der Waals surface area contributed by atoms with Gasteiger partial charge in [0.2, 0.25) is 22.7 Å². The molecule has 3 aliphatic heterocycles. The van der Waals surface area contributed by atoms with Crippen LogP contribution in [0.4, 0.5) is 0 Å². The average Bonchev–Trinajstić information content (AvgIpc) is 3.15. The van der Waals surface area contributed by atoms with Crippen molar-refractivity contribution in [1.82, 2.24) is 9.21 Å². The van der Waals surface area contributed by atoms with Crippen LogP contribution >= 0.6 is 0 Å². The fraction of sp³-hybridized carbons (Fsp3) is 0.632. The minimum atomic E-state index is -3.23. The second-order valence-electron chi connectivity index (χ2n) is 7.90. The highest BCUT2D eigenvalue weighted by atomic mass is 32.2. The lowest BCUT2D eigenvalue weighted by molar-refractivity contribution is -0.917. The zero-order valence-corrected chi connectivity index (χ0v) is 17.0. The summed E-state index contributed by atoms with van der Waals surface area (Å²) in [6.45, 7) is 5.24. The largest absolute Gasteiger partial charge is 0.454 e. The molecule has 4 rings (SSSR count). The maximum Gasteiger partial charge on any atom is 0.231 e. The lowest BCUT2D eigenvalue weighted by Crippen LogP contribution is -3.13. The molecule has 154 valence electrons.